The average molecular weight is 221 g/mol. The van der Waals surface area contributed by atoms with E-state index in [4.69, 9.17) is 1.37 Å². The molecule has 1 aromatic heterocycles. The van der Waals surface area contributed by atoms with Crippen molar-refractivity contribution in [1.82, 2.24) is 9.97 Å². The molecule has 3 rings (SSSR count). The summed E-state index contributed by atoms with van der Waals surface area (Å²) < 4.78 is 7.66. The van der Waals surface area contributed by atoms with E-state index in [-0.39, 0.29) is 0 Å². The topological polar surface area (TPSA) is 25.8 Å². The van der Waals surface area contributed by atoms with Gasteiger partial charge in [-0.1, -0.05) is 48.5 Å². The molecule has 0 bridgehead atoms. The van der Waals surface area contributed by atoms with Crippen LogP contribution >= 0.6 is 0 Å². The fraction of sp³-hybridized carbons (Fsp3) is 0.0667. The predicted molar refractivity (Wildman–Crippen MR) is 69.7 cm³/mol. The second kappa shape index (κ2) is 3.98. The number of hydrogen-bond acceptors (Lipinski definition) is 2. The number of benzene rings is 2. The molecule has 1 heterocycles. The number of para-hydroxylation sites is 1. The lowest BCUT2D eigenvalue weighted by molar-refractivity contribution is 1.10. The Bertz CT molecular complexity index is 703. The first-order chi connectivity index (χ1) is 8.74. The maximum Gasteiger partial charge on any atom is 0.126 e. The van der Waals surface area contributed by atoms with Gasteiger partial charge in [-0.25, -0.2) is 9.97 Å². The maximum atomic E-state index is 7.66. The van der Waals surface area contributed by atoms with Crippen LogP contribution in [0, 0.1) is 6.92 Å². The van der Waals surface area contributed by atoms with Crippen LogP contribution < -0.4 is 0 Å². The van der Waals surface area contributed by atoms with Gasteiger partial charge in [0.2, 0.25) is 0 Å². The quantitative estimate of drug-likeness (QED) is 0.627. The standard InChI is InChI=1S/C15H12N2/c1-11-16-14-10-6-5-9-13(14)15(17-11)12-7-3-2-4-8-12/h2-10H,1H3/i6D. The van der Waals surface area contributed by atoms with Crippen LogP contribution in [-0.4, -0.2) is 9.97 Å². The van der Waals surface area contributed by atoms with E-state index in [2.05, 4.69) is 9.97 Å². The average Bonchev–Trinajstić information content (AvgIpc) is 2.38. The zero-order valence-electron chi connectivity index (χ0n) is 10.5. The summed E-state index contributed by atoms with van der Waals surface area (Å²) >= 11 is 0. The summed E-state index contributed by atoms with van der Waals surface area (Å²) in [6.45, 7) is 1.88. The second-order valence-corrected chi connectivity index (χ2v) is 3.93. The van der Waals surface area contributed by atoms with Gasteiger partial charge < -0.3 is 0 Å². The van der Waals surface area contributed by atoms with E-state index in [0.29, 0.717) is 6.04 Å². The molecule has 3 aromatic rings. The molecule has 82 valence electrons. The molecule has 0 fully saturated rings. The highest BCUT2D eigenvalue weighted by Gasteiger charge is 2.06. The first-order valence-electron chi connectivity index (χ1n) is 6.04. The molecular weight excluding hydrogens is 208 g/mol. The van der Waals surface area contributed by atoms with Crippen molar-refractivity contribution in [3.63, 3.8) is 0 Å². The van der Waals surface area contributed by atoms with Crippen molar-refractivity contribution < 1.29 is 1.37 Å². The SMILES string of the molecule is [2H]c1ccc2c(-c3ccccc3)nc(C)nc2c1. The number of hydrogen-bond donors (Lipinski definition) is 0. The highest BCUT2D eigenvalue weighted by atomic mass is 14.9. The molecule has 0 atom stereocenters. The highest BCUT2D eigenvalue weighted by molar-refractivity contribution is 5.92. The minimum atomic E-state index is 0.472. The Morgan fingerprint density at radius 3 is 2.59 bits per heavy atom. The van der Waals surface area contributed by atoms with Crippen molar-refractivity contribution in [1.29, 1.82) is 0 Å². The first kappa shape index (κ1) is 8.88. The Labute approximate surface area is 101 Å². The molecule has 0 aliphatic carbocycles. The third kappa shape index (κ3) is 1.78. The summed E-state index contributed by atoms with van der Waals surface area (Å²) in [5.41, 5.74) is 2.83. The van der Waals surface area contributed by atoms with Crippen LogP contribution in [0.15, 0.2) is 54.6 Å². The molecule has 0 saturated carbocycles. The summed E-state index contributed by atoms with van der Waals surface area (Å²) in [4.78, 5) is 8.92. The van der Waals surface area contributed by atoms with E-state index >= 15 is 0 Å². The van der Waals surface area contributed by atoms with Crippen LogP contribution in [-0.2, 0) is 0 Å². The molecule has 0 spiro atoms. The predicted octanol–water partition coefficient (Wildman–Crippen LogP) is 3.61. The zero-order valence-corrected chi connectivity index (χ0v) is 9.51. The van der Waals surface area contributed by atoms with Crippen LogP contribution in [0.25, 0.3) is 22.2 Å². The number of nitrogens with zero attached hydrogens (tertiary/aromatic N) is 2. The van der Waals surface area contributed by atoms with Crippen molar-refractivity contribution in [2.75, 3.05) is 0 Å². The monoisotopic (exact) mass is 221 g/mol. The van der Waals surface area contributed by atoms with Crippen LogP contribution in [0.1, 0.15) is 7.20 Å². The van der Waals surface area contributed by atoms with Gasteiger partial charge in [0.05, 0.1) is 12.6 Å². The largest absolute Gasteiger partial charge is 0.233 e. The number of aromatic nitrogens is 2. The van der Waals surface area contributed by atoms with Gasteiger partial charge in [-0.3, -0.25) is 0 Å². The van der Waals surface area contributed by atoms with Gasteiger partial charge in [-0.05, 0) is 13.0 Å². The van der Waals surface area contributed by atoms with Crippen LogP contribution in [0.4, 0.5) is 0 Å². The first-order valence-corrected chi connectivity index (χ1v) is 5.54. The fourth-order valence-electron chi connectivity index (χ4n) is 1.95. The Kier molecular flexibility index (Phi) is 2.08. The van der Waals surface area contributed by atoms with E-state index in [1.54, 1.807) is 12.1 Å². The molecular formula is C15H12N2. The molecule has 0 aliphatic heterocycles. The van der Waals surface area contributed by atoms with Gasteiger partial charge in [0.1, 0.15) is 5.82 Å². The van der Waals surface area contributed by atoms with E-state index in [9.17, 15) is 0 Å². The van der Waals surface area contributed by atoms with E-state index in [1.165, 1.54) is 0 Å². The minimum Gasteiger partial charge on any atom is -0.233 e. The van der Waals surface area contributed by atoms with Crippen LogP contribution in [0.5, 0.6) is 0 Å². The van der Waals surface area contributed by atoms with E-state index in [1.807, 2.05) is 43.3 Å². The van der Waals surface area contributed by atoms with Crippen LogP contribution in [0.2, 0.25) is 0 Å². The number of aryl methyl sites for hydroxylation is 1. The Hall–Kier alpha value is -2.22. The third-order valence-electron chi connectivity index (χ3n) is 2.70. The molecule has 0 unspecified atom stereocenters. The molecule has 0 saturated heterocycles. The second-order valence-electron chi connectivity index (χ2n) is 3.93. The molecule has 0 radical (unpaired) electrons. The van der Waals surface area contributed by atoms with Crippen molar-refractivity contribution in [2.24, 2.45) is 0 Å². The molecule has 0 amide bonds. The lowest BCUT2D eigenvalue weighted by Crippen LogP contribution is -1.93. The molecule has 17 heavy (non-hydrogen) atoms. The summed E-state index contributed by atoms with van der Waals surface area (Å²) in [5.74, 6) is 0.729. The van der Waals surface area contributed by atoms with Gasteiger partial charge in [0, 0.05) is 10.9 Å². The van der Waals surface area contributed by atoms with E-state index < -0.39 is 0 Å². The molecule has 2 nitrogen and oxygen atoms in total. The van der Waals surface area contributed by atoms with Gasteiger partial charge in [0.15, 0.2) is 0 Å². The third-order valence-corrected chi connectivity index (χ3v) is 2.70. The van der Waals surface area contributed by atoms with Gasteiger partial charge in [-0.2, -0.15) is 0 Å². The van der Waals surface area contributed by atoms with Gasteiger partial charge in [-0.15, -0.1) is 0 Å². The van der Waals surface area contributed by atoms with Crippen molar-refractivity contribution >= 4 is 10.9 Å². The van der Waals surface area contributed by atoms with E-state index in [0.717, 1.165) is 28.0 Å². The number of rotatable bonds is 1. The Balaban J connectivity index is 2.35. The zero-order chi connectivity index (χ0) is 12.5. The minimum absolute atomic E-state index is 0.472. The Morgan fingerprint density at radius 2 is 1.76 bits per heavy atom. The molecule has 0 N–H and O–H groups in total. The summed E-state index contributed by atoms with van der Waals surface area (Å²) in [7, 11) is 0. The lowest BCUT2D eigenvalue weighted by atomic mass is 10.1. The fourth-order valence-corrected chi connectivity index (χ4v) is 1.95. The summed E-state index contributed by atoms with van der Waals surface area (Å²) in [6, 6.07) is 16.0. The Morgan fingerprint density at radius 1 is 0.941 bits per heavy atom. The van der Waals surface area contributed by atoms with Gasteiger partial charge in [0.25, 0.3) is 0 Å². The molecule has 2 heteroatoms. The summed E-state index contributed by atoms with van der Waals surface area (Å²) in [6.07, 6.45) is 0. The number of fused-ring (bicyclic) bond motifs is 1. The molecule has 2 aromatic carbocycles. The summed E-state index contributed by atoms with van der Waals surface area (Å²) in [5, 5.41) is 0.989. The molecule has 0 aliphatic rings. The highest BCUT2D eigenvalue weighted by Crippen LogP contribution is 2.25. The van der Waals surface area contributed by atoms with Crippen molar-refractivity contribution in [3.8, 4) is 11.3 Å². The van der Waals surface area contributed by atoms with Crippen molar-refractivity contribution in [3.05, 3.63) is 60.4 Å². The smallest absolute Gasteiger partial charge is 0.126 e. The lowest BCUT2D eigenvalue weighted by Gasteiger charge is -2.06. The van der Waals surface area contributed by atoms with Crippen LogP contribution in [0.3, 0.4) is 0 Å². The maximum absolute atomic E-state index is 7.66. The van der Waals surface area contributed by atoms with Gasteiger partial charge >= 0.3 is 0 Å². The van der Waals surface area contributed by atoms with Crippen molar-refractivity contribution in [2.45, 2.75) is 6.92 Å². The normalized spacial score (nSPS) is 11.5.